The SMILES string of the molecule is O=C(NC1C2CCC(C2)C1C(=O)O)OCc1ccccc1. The second-order valence-corrected chi connectivity index (χ2v) is 5.93. The lowest BCUT2D eigenvalue weighted by Crippen LogP contribution is -2.46. The van der Waals surface area contributed by atoms with Gasteiger partial charge < -0.3 is 15.2 Å². The van der Waals surface area contributed by atoms with Crippen molar-refractivity contribution >= 4 is 12.1 Å². The highest BCUT2D eigenvalue weighted by Gasteiger charge is 2.51. The van der Waals surface area contributed by atoms with Crippen LogP contribution in [0.4, 0.5) is 4.79 Å². The summed E-state index contributed by atoms with van der Waals surface area (Å²) in [5, 5.41) is 12.1. The van der Waals surface area contributed by atoms with Crippen LogP contribution in [0.15, 0.2) is 30.3 Å². The van der Waals surface area contributed by atoms with E-state index in [-0.39, 0.29) is 24.5 Å². The van der Waals surface area contributed by atoms with Gasteiger partial charge in [0.05, 0.1) is 5.92 Å². The maximum Gasteiger partial charge on any atom is 0.407 e. The van der Waals surface area contributed by atoms with Crippen molar-refractivity contribution in [2.75, 3.05) is 0 Å². The molecule has 4 unspecified atom stereocenters. The molecular weight excluding hydrogens is 270 g/mol. The van der Waals surface area contributed by atoms with Crippen molar-refractivity contribution < 1.29 is 19.4 Å². The van der Waals surface area contributed by atoms with Crippen LogP contribution in [0.25, 0.3) is 0 Å². The van der Waals surface area contributed by atoms with E-state index in [0.29, 0.717) is 0 Å². The third-order valence-corrected chi connectivity index (χ3v) is 4.70. The van der Waals surface area contributed by atoms with Crippen LogP contribution >= 0.6 is 0 Å². The van der Waals surface area contributed by atoms with Gasteiger partial charge in [-0.05, 0) is 36.7 Å². The van der Waals surface area contributed by atoms with Gasteiger partial charge in [-0.2, -0.15) is 0 Å². The second-order valence-electron chi connectivity index (χ2n) is 5.93. The van der Waals surface area contributed by atoms with Crippen molar-refractivity contribution in [3.8, 4) is 0 Å². The Morgan fingerprint density at radius 1 is 1.19 bits per heavy atom. The number of fused-ring (bicyclic) bond motifs is 2. The molecule has 1 aromatic rings. The summed E-state index contributed by atoms with van der Waals surface area (Å²) in [5.74, 6) is -0.795. The highest BCUT2D eigenvalue weighted by molar-refractivity contribution is 5.74. The van der Waals surface area contributed by atoms with Crippen LogP contribution in [0.2, 0.25) is 0 Å². The van der Waals surface area contributed by atoms with Crippen LogP contribution < -0.4 is 5.32 Å². The number of carbonyl (C=O) groups excluding carboxylic acids is 1. The molecule has 1 amide bonds. The standard InChI is InChI=1S/C16H19NO4/c18-15(19)13-11-6-7-12(8-11)14(13)17-16(20)21-9-10-4-2-1-3-5-10/h1-5,11-14H,6-9H2,(H,17,20)(H,18,19). The Hall–Kier alpha value is -2.04. The first-order valence-electron chi connectivity index (χ1n) is 7.35. The van der Waals surface area contributed by atoms with E-state index in [1.54, 1.807) is 0 Å². The van der Waals surface area contributed by atoms with E-state index >= 15 is 0 Å². The van der Waals surface area contributed by atoms with E-state index in [1.165, 1.54) is 0 Å². The molecular formula is C16H19NO4. The van der Waals surface area contributed by atoms with Crippen LogP contribution in [-0.2, 0) is 16.1 Å². The van der Waals surface area contributed by atoms with Gasteiger partial charge in [0.2, 0.25) is 0 Å². The Balaban J connectivity index is 1.56. The largest absolute Gasteiger partial charge is 0.481 e. The fraction of sp³-hybridized carbons (Fsp3) is 0.500. The van der Waals surface area contributed by atoms with E-state index in [1.807, 2.05) is 30.3 Å². The van der Waals surface area contributed by atoms with Gasteiger partial charge in [0, 0.05) is 6.04 Å². The number of benzene rings is 1. The summed E-state index contributed by atoms with van der Waals surface area (Å²) in [6.07, 6.45) is 2.33. The first-order valence-corrected chi connectivity index (χ1v) is 7.35. The van der Waals surface area contributed by atoms with Crippen molar-refractivity contribution in [3.05, 3.63) is 35.9 Å². The highest BCUT2D eigenvalue weighted by atomic mass is 16.5. The second kappa shape index (κ2) is 5.76. The average molecular weight is 289 g/mol. The lowest BCUT2D eigenvalue weighted by molar-refractivity contribution is -0.144. The third-order valence-electron chi connectivity index (χ3n) is 4.70. The molecule has 1 aromatic carbocycles. The van der Waals surface area contributed by atoms with Crippen molar-refractivity contribution in [3.63, 3.8) is 0 Å². The van der Waals surface area contributed by atoms with E-state index < -0.39 is 18.0 Å². The number of ether oxygens (including phenoxy) is 1. The Kier molecular flexibility index (Phi) is 3.82. The Morgan fingerprint density at radius 3 is 2.62 bits per heavy atom. The molecule has 0 spiro atoms. The van der Waals surface area contributed by atoms with Gasteiger partial charge in [-0.3, -0.25) is 4.79 Å². The fourth-order valence-corrected chi connectivity index (χ4v) is 3.76. The molecule has 0 radical (unpaired) electrons. The van der Waals surface area contributed by atoms with E-state index in [0.717, 1.165) is 24.8 Å². The summed E-state index contributed by atoms with van der Waals surface area (Å²) in [5.41, 5.74) is 0.912. The first-order chi connectivity index (χ1) is 10.1. The fourth-order valence-electron chi connectivity index (χ4n) is 3.76. The number of carboxylic acid groups (broad SMARTS) is 1. The lowest BCUT2D eigenvalue weighted by Gasteiger charge is -2.28. The molecule has 0 aliphatic heterocycles. The van der Waals surface area contributed by atoms with Gasteiger partial charge in [-0.25, -0.2) is 4.79 Å². The van der Waals surface area contributed by atoms with Gasteiger partial charge in [0.25, 0.3) is 0 Å². The van der Waals surface area contributed by atoms with Gasteiger partial charge in [-0.15, -0.1) is 0 Å². The summed E-state index contributed by atoms with van der Waals surface area (Å²) in [6.45, 7) is 0.200. The van der Waals surface area contributed by atoms with Crippen LogP contribution in [0, 0.1) is 17.8 Å². The molecule has 0 saturated heterocycles. The number of hydrogen-bond acceptors (Lipinski definition) is 3. The summed E-state index contributed by atoms with van der Waals surface area (Å²) < 4.78 is 5.18. The zero-order valence-electron chi connectivity index (χ0n) is 11.7. The van der Waals surface area contributed by atoms with Crippen LogP contribution in [0.1, 0.15) is 24.8 Å². The topological polar surface area (TPSA) is 75.6 Å². The Labute approximate surface area is 123 Å². The number of hydrogen-bond donors (Lipinski definition) is 2. The van der Waals surface area contributed by atoms with Crippen LogP contribution in [0.5, 0.6) is 0 Å². The molecule has 4 atom stereocenters. The van der Waals surface area contributed by atoms with E-state index in [4.69, 9.17) is 4.74 Å². The molecule has 2 bridgehead atoms. The number of amides is 1. The van der Waals surface area contributed by atoms with Crippen molar-refractivity contribution in [1.82, 2.24) is 5.32 Å². The van der Waals surface area contributed by atoms with Gasteiger partial charge in [0.15, 0.2) is 0 Å². The first kappa shape index (κ1) is 13.9. The van der Waals surface area contributed by atoms with Crippen LogP contribution in [0.3, 0.4) is 0 Å². The molecule has 2 saturated carbocycles. The molecule has 3 rings (SSSR count). The van der Waals surface area contributed by atoms with Gasteiger partial charge in [0.1, 0.15) is 6.61 Å². The van der Waals surface area contributed by atoms with Gasteiger partial charge >= 0.3 is 12.1 Å². The molecule has 112 valence electrons. The minimum absolute atomic E-state index is 0.200. The maximum absolute atomic E-state index is 11.9. The molecule has 2 aliphatic rings. The third kappa shape index (κ3) is 2.86. The average Bonchev–Trinajstić information content (AvgIpc) is 3.07. The summed E-state index contributed by atoms with van der Waals surface area (Å²) in [6, 6.07) is 9.14. The number of carboxylic acids is 1. The molecule has 0 aromatic heterocycles. The Bertz CT molecular complexity index is 530. The van der Waals surface area contributed by atoms with Crippen molar-refractivity contribution in [1.29, 1.82) is 0 Å². The number of alkyl carbamates (subject to hydrolysis) is 1. The van der Waals surface area contributed by atoms with Crippen molar-refractivity contribution in [2.24, 2.45) is 17.8 Å². The summed E-state index contributed by atoms with van der Waals surface area (Å²) in [4.78, 5) is 23.3. The smallest absolute Gasteiger partial charge is 0.407 e. The number of nitrogens with one attached hydrogen (secondary N) is 1. The normalized spacial score (nSPS) is 30.1. The molecule has 21 heavy (non-hydrogen) atoms. The predicted octanol–water partition coefficient (Wildman–Crippen LogP) is 2.41. The van der Waals surface area contributed by atoms with E-state index in [9.17, 15) is 14.7 Å². The van der Waals surface area contributed by atoms with E-state index in [2.05, 4.69) is 5.32 Å². The minimum atomic E-state index is -0.810. The predicted molar refractivity (Wildman–Crippen MR) is 75.5 cm³/mol. The number of rotatable bonds is 4. The molecule has 0 heterocycles. The summed E-state index contributed by atoms with van der Waals surface area (Å²) in [7, 11) is 0. The quantitative estimate of drug-likeness (QED) is 0.892. The number of aliphatic carboxylic acids is 1. The highest BCUT2D eigenvalue weighted by Crippen LogP contribution is 2.48. The zero-order chi connectivity index (χ0) is 14.8. The molecule has 5 heteroatoms. The van der Waals surface area contributed by atoms with Crippen LogP contribution in [-0.4, -0.2) is 23.2 Å². The zero-order valence-corrected chi connectivity index (χ0v) is 11.7. The molecule has 2 aliphatic carbocycles. The minimum Gasteiger partial charge on any atom is -0.481 e. The monoisotopic (exact) mass is 289 g/mol. The molecule has 2 fully saturated rings. The lowest BCUT2D eigenvalue weighted by atomic mass is 9.84. The number of carbonyl (C=O) groups is 2. The van der Waals surface area contributed by atoms with Gasteiger partial charge in [-0.1, -0.05) is 30.3 Å². The molecule has 5 nitrogen and oxygen atoms in total. The van der Waals surface area contributed by atoms with Crippen molar-refractivity contribution in [2.45, 2.75) is 31.9 Å². The Morgan fingerprint density at radius 2 is 1.90 bits per heavy atom. The summed E-state index contributed by atoms with van der Waals surface area (Å²) >= 11 is 0. The molecule has 2 N–H and O–H groups in total. The maximum atomic E-state index is 11.9.